The van der Waals surface area contributed by atoms with Crippen LogP contribution in [0.3, 0.4) is 0 Å². The van der Waals surface area contributed by atoms with Crippen LogP contribution in [-0.2, 0) is 25.5 Å². The Kier molecular flexibility index (Phi) is 18.0. The van der Waals surface area contributed by atoms with Gasteiger partial charge in [0, 0.05) is 39.6 Å². The molecule has 4 N–H and O–H groups in total. The monoisotopic (exact) mass is 651 g/mol. The number of aliphatic hydroxyl groups is 1. The lowest BCUT2D eigenvalue weighted by Crippen LogP contribution is -2.49. The zero-order chi connectivity index (χ0) is 35.0. The van der Waals surface area contributed by atoms with Crippen molar-refractivity contribution in [2.75, 3.05) is 41.0 Å². The highest BCUT2D eigenvalue weighted by atomic mass is 16.6. The number of hydrogen-bond donors (Lipinski definition) is 4. The highest BCUT2D eigenvalue weighted by Crippen LogP contribution is 2.32. The Hall–Kier alpha value is -3.05. The molecule has 0 aliphatic rings. The maximum absolute atomic E-state index is 13.2. The van der Waals surface area contributed by atoms with E-state index in [0.29, 0.717) is 37.6 Å². The summed E-state index contributed by atoms with van der Waals surface area (Å²) < 4.78 is 22.2. The molecule has 1 rings (SSSR count). The topological polar surface area (TPSA) is 144 Å². The second-order valence-electron chi connectivity index (χ2n) is 13.8. The first-order valence-electron chi connectivity index (χ1n) is 16.5. The molecule has 5 atom stereocenters. The molecule has 11 nitrogen and oxygen atoms in total. The van der Waals surface area contributed by atoms with Crippen LogP contribution in [0.5, 0.6) is 11.5 Å². The van der Waals surface area contributed by atoms with E-state index < -0.39 is 35.7 Å². The van der Waals surface area contributed by atoms with Gasteiger partial charge in [0.15, 0.2) is 11.5 Å². The van der Waals surface area contributed by atoms with Gasteiger partial charge in [-0.15, -0.1) is 0 Å². The van der Waals surface area contributed by atoms with E-state index in [0.717, 1.165) is 12.0 Å². The molecule has 0 aromatic heterocycles. The largest absolute Gasteiger partial charge is 0.493 e. The van der Waals surface area contributed by atoms with E-state index in [1.807, 2.05) is 32.0 Å². The number of methoxy groups -OCH3 is 2. The van der Waals surface area contributed by atoms with Crippen LogP contribution in [0.25, 0.3) is 0 Å². The molecule has 0 saturated heterocycles. The molecule has 11 heteroatoms. The van der Waals surface area contributed by atoms with Crippen molar-refractivity contribution in [3.63, 3.8) is 0 Å². The van der Waals surface area contributed by atoms with Crippen LogP contribution in [0.1, 0.15) is 80.2 Å². The molecule has 0 aliphatic heterocycles. The smallest absolute Gasteiger partial charge is 0.407 e. The molecule has 46 heavy (non-hydrogen) atoms. The second kappa shape index (κ2) is 20.2. The number of carbonyl (C=O) groups excluding carboxylic acids is 3. The quantitative estimate of drug-likeness (QED) is 0.148. The van der Waals surface area contributed by atoms with Crippen LogP contribution >= 0.6 is 0 Å². The molecular formula is C35H61N3O8. The lowest BCUT2D eigenvalue weighted by Gasteiger charge is -2.33. The van der Waals surface area contributed by atoms with Gasteiger partial charge in [0.2, 0.25) is 11.8 Å². The number of amides is 3. The summed E-state index contributed by atoms with van der Waals surface area (Å²) in [5.74, 6) is 0.142. The SMILES string of the molecule is CNC(=O)[C@H](C)CNC(=O)[C@@H](C[C@H](O)[C@H](C[C@H](Cc1ccc(OC)c(OCCCOC)c1)C(C)C)NC(=O)OC(C)(C)C)C(C)C. The van der Waals surface area contributed by atoms with Crippen molar-refractivity contribution in [3.8, 4) is 11.5 Å². The molecule has 3 amide bonds. The van der Waals surface area contributed by atoms with Gasteiger partial charge >= 0.3 is 6.09 Å². The zero-order valence-corrected chi connectivity index (χ0v) is 30.0. The van der Waals surface area contributed by atoms with Crippen LogP contribution in [0.2, 0.25) is 0 Å². The summed E-state index contributed by atoms with van der Waals surface area (Å²) in [5.41, 5.74) is 0.318. The van der Waals surface area contributed by atoms with Gasteiger partial charge in [-0.2, -0.15) is 0 Å². The van der Waals surface area contributed by atoms with E-state index in [1.54, 1.807) is 49.0 Å². The maximum atomic E-state index is 13.2. The lowest BCUT2D eigenvalue weighted by molar-refractivity contribution is -0.128. The number of nitrogens with one attached hydrogen (secondary N) is 3. The standard InChI is InChI=1S/C35H61N3O8/c1-22(2)26(17-25-13-14-30(44-11)31(18-25)45-16-12-15-43-10)19-28(38-34(42)46-35(6,7)8)29(39)20-27(23(3)4)33(41)37-21-24(5)32(40)36-9/h13-14,18,22-24,26-29,39H,12,15-17,19-21H2,1-11H3,(H,36,40)(H,37,41)(H,38,42)/t24-,26+,27+,28+,29+/m1/s1. The van der Waals surface area contributed by atoms with Crippen molar-refractivity contribution in [2.24, 2.45) is 29.6 Å². The molecule has 0 bridgehead atoms. The Balaban J connectivity index is 3.23. The van der Waals surface area contributed by atoms with Crippen molar-refractivity contribution in [3.05, 3.63) is 23.8 Å². The number of benzene rings is 1. The van der Waals surface area contributed by atoms with Crippen LogP contribution in [-0.4, -0.2) is 81.8 Å². The van der Waals surface area contributed by atoms with Crippen LogP contribution < -0.4 is 25.4 Å². The van der Waals surface area contributed by atoms with Gasteiger partial charge < -0.3 is 40.0 Å². The third-order valence-electron chi connectivity index (χ3n) is 8.06. The summed E-state index contributed by atoms with van der Waals surface area (Å²) in [4.78, 5) is 38.1. The maximum Gasteiger partial charge on any atom is 0.407 e. The van der Waals surface area contributed by atoms with E-state index in [1.165, 1.54) is 0 Å². The average Bonchev–Trinajstić information content (AvgIpc) is 2.98. The number of rotatable bonds is 20. The molecule has 1 aromatic carbocycles. The molecule has 0 aliphatic carbocycles. The van der Waals surface area contributed by atoms with Gasteiger partial charge in [-0.25, -0.2) is 4.79 Å². The molecule has 0 spiro atoms. The molecule has 1 aromatic rings. The third kappa shape index (κ3) is 15.0. The number of aliphatic hydroxyl groups excluding tert-OH is 1. The fourth-order valence-corrected chi connectivity index (χ4v) is 5.17. The fourth-order valence-electron chi connectivity index (χ4n) is 5.17. The second-order valence-corrected chi connectivity index (χ2v) is 13.8. The first kappa shape index (κ1) is 41.0. The minimum atomic E-state index is -1.03. The van der Waals surface area contributed by atoms with E-state index in [-0.39, 0.29) is 42.5 Å². The number of alkyl carbamates (subject to hydrolysis) is 1. The Morgan fingerprint density at radius 2 is 1.59 bits per heavy atom. The van der Waals surface area contributed by atoms with Crippen molar-refractivity contribution in [1.29, 1.82) is 0 Å². The number of ether oxygens (including phenoxy) is 4. The Morgan fingerprint density at radius 1 is 0.913 bits per heavy atom. The average molecular weight is 652 g/mol. The molecule has 264 valence electrons. The highest BCUT2D eigenvalue weighted by Gasteiger charge is 2.33. The summed E-state index contributed by atoms with van der Waals surface area (Å²) in [7, 11) is 4.82. The first-order chi connectivity index (χ1) is 21.5. The highest BCUT2D eigenvalue weighted by molar-refractivity contribution is 5.81. The Labute approximate surface area is 276 Å². The van der Waals surface area contributed by atoms with Crippen molar-refractivity contribution < 1.29 is 38.4 Å². The molecule has 0 unspecified atom stereocenters. The normalized spacial score (nSPS) is 15.0. The van der Waals surface area contributed by atoms with Gasteiger partial charge in [0.25, 0.3) is 0 Å². The summed E-state index contributed by atoms with van der Waals surface area (Å²) in [6.07, 6.45) is 0.343. The predicted molar refractivity (Wildman–Crippen MR) is 180 cm³/mol. The van der Waals surface area contributed by atoms with Crippen molar-refractivity contribution in [1.82, 2.24) is 16.0 Å². The van der Waals surface area contributed by atoms with Gasteiger partial charge in [-0.3, -0.25) is 9.59 Å². The van der Waals surface area contributed by atoms with Crippen molar-refractivity contribution >= 4 is 17.9 Å². The number of hydrogen-bond acceptors (Lipinski definition) is 8. The van der Waals surface area contributed by atoms with E-state index >= 15 is 0 Å². The first-order valence-corrected chi connectivity index (χ1v) is 16.5. The molecule has 0 radical (unpaired) electrons. The predicted octanol–water partition coefficient (Wildman–Crippen LogP) is 4.73. The zero-order valence-electron chi connectivity index (χ0n) is 30.0. The van der Waals surface area contributed by atoms with E-state index in [2.05, 4.69) is 29.8 Å². The summed E-state index contributed by atoms with van der Waals surface area (Å²) in [5, 5.41) is 20.0. The summed E-state index contributed by atoms with van der Waals surface area (Å²) in [6.45, 7) is 16.4. The minimum Gasteiger partial charge on any atom is -0.493 e. The van der Waals surface area contributed by atoms with Gasteiger partial charge in [-0.1, -0.05) is 40.7 Å². The van der Waals surface area contributed by atoms with Crippen LogP contribution in [0.4, 0.5) is 4.79 Å². The van der Waals surface area contributed by atoms with Crippen LogP contribution in [0.15, 0.2) is 18.2 Å². The van der Waals surface area contributed by atoms with Gasteiger partial charge in [0.05, 0.1) is 31.8 Å². The van der Waals surface area contributed by atoms with E-state index in [9.17, 15) is 19.5 Å². The van der Waals surface area contributed by atoms with Gasteiger partial charge in [-0.05, 0) is 75.5 Å². The third-order valence-corrected chi connectivity index (χ3v) is 8.06. The minimum absolute atomic E-state index is 0.0593. The van der Waals surface area contributed by atoms with E-state index in [4.69, 9.17) is 18.9 Å². The Bertz CT molecular complexity index is 1070. The number of carbonyl (C=O) groups is 3. The molecule has 0 fully saturated rings. The fraction of sp³-hybridized carbons (Fsp3) is 0.743. The molecular weight excluding hydrogens is 590 g/mol. The van der Waals surface area contributed by atoms with Crippen LogP contribution in [0, 0.1) is 29.6 Å². The Morgan fingerprint density at radius 3 is 2.13 bits per heavy atom. The lowest BCUT2D eigenvalue weighted by atomic mass is 9.80. The summed E-state index contributed by atoms with van der Waals surface area (Å²) in [6, 6.07) is 5.19. The molecule has 0 saturated carbocycles. The van der Waals surface area contributed by atoms with Crippen molar-refractivity contribution in [2.45, 2.75) is 98.8 Å². The molecule has 0 heterocycles. The van der Waals surface area contributed by atoms with Gasteiger partial charge in [0.1, 0.15) is 5.60 Å². The summed E-state index contributed by atoms with van der Waals surface area (Å²) >= 11 is 0.